The predicted octanol–water partition coefficient (Wildman–Crippen LogP) is 3.65. The minimum Gasteiger partial charge on any atom is -0.457 e. The topological polar surface area (TPSA) is 88.4 Å². The fraction of sp³-hybridized carbons (Fsp3) is 0.280. The number of anilines is 3. The van der Waals surface area contributed by atoms with Gasteiger partial charge in [-0.1, -0.05) is 6.58 Å². The maximum atomic E-state index is 14.3. The molecular weight excluding hydrogens is 468 g/mol. The Bertz CT molecular complexity index is 1330. The van der Waals surface area contributed by atoms with Crippen LogP contribution in [0.1, 0.15) is 18.4 Å². The Morgan fingerprint density at radius 2 is 2.06 bits per heavy atom. The number of carbonyl (C=O) groups is 1. The van der Waals surface area contributed by atoms with Crippen LogP contribution in [0.25, 0.3) is 6.08 Å². The molecule has 11 heteroatoms. The molecule has 2 aliphatic rings. The maximum absolute atomic E-state index is 14.3. The molecule has 0 saturated carbocycles. The molecule has 186 valence electrons. The third kappa shape index (κ3) is 4.90. The van der Waals surface area contributed by atoms with Crippen LogP contribution in [-0.4, -0.2) is 56.2 Å². The number of ether oxygens (including phenoxy) is 1. The Balaban J connectivity index is 1.44. The summed E-state index contributed by atoms with van der Waals surface area (Å²) in [6.07, 6.45) is 9.68. The van der Waals surface area contributed by atoms with Crippen molar-refractivity contribution in [3.63, 3.8) is 0 Å². The minimum absolute atomic E-state index is 0.0594. The molecule has 0 radical (unpaired) electrons. The number of piperidine rings is 1. The molecule has 1 aromatic carbocycles. The van der Waals surface area contributed by atoms with E-state index in [1.165, 1.54) is 12.1 Å². The number of aromatic nitrogens is 4. The van der Waals surface area contributed by atoms with E-state index in [1.807, 2.05) is 13.2 Å². The number of benzene rings is 1. The highest BCUT2D eigenvalue weighted by Crippen LogP contribution is 2.34. The van der Waals surface area contributed by atoms with Gasteiger partial charge in [-0.05, 0) is 37.1 Å². The van der Waals surface area contributed by atoms with Crippen LogP contribution in [0.2, 0.25) is 0 Å². The van der Waals surface area contributed by atoms with E-state index in [0.29, 0.717) is 55.6 Å². The van der Waals surface area contributed by atoms with Gasteiger partial charge in [0, 0.05) is 50.2 Å². The average molecular weight is 494 g/mol. The first-order valence-electron chi connectivity index (χ1n) is 11.5. The predicted molar refractivity (Wildman–Crippen MR) is 131 cm³/mol. The van der Waals surface area contributed by atoms with E-state index in [-0.39, 0.29) is 17.7 Å². The fourth-order valence-electron chi connectivity index (χ4n) is 4.44. The molecule has 2 aliphatic heterocycles. The molecule has 4 heterocycles. The molecule has 0 aliphatic carbocycles. The minimum atomic E-state index is -0.781. The van der Waals surface area contributed by atoms with E-state index >= 15 is 0 Å². The summed E-state index contributed by atoms with van der Waals surface area (Å²) in [6, 6.07) is 3.27. The second-order valence-electron chi connectivity index (χ2n) is 8.68. The summed E-state index contributed by atoms with van der Waals surface area (Å²) in [5, 5.41) is 7.31. The summed E-state index contributed by atoms with van der Waals surface area (Å²) in [7, 11) is 1.82. The van der Waals surface area contributed by atoms with E-state index in [0.717, 1.165) is 17.8 Å². The second-order valence-corrected chi connectivity index (χ2v) is 8.68. The highest BCUT2D eigenvalue weighted by atomic mass is 19.1. The Morgan fingerprint density at radius 1 is 1.25 bits per heavy atom. The molecule has 0 atom stereocenters. The number of aryl methyl sites for hydroxylation is 1. The van der Waals surface area contributed by atoms with E-state index in [9.17, 15) is 13.6 Å². The van der Waals surface area contributed by atoms with Gasteiger partial charge in [-0.3, -0.25) is 9.48 Å². The molecule has 1 fully saturated rings. The number of nitrogens with one attached hydrogen (secondary N) is 1. The van der Waals surface area contributed by atoms with Gasteiger partial charge in [-0.15, -0.1) is 0 Å². The van der Waals surface area contributed by atoms with E-state index in [4.69, 9.17) is 9.72 Å². The van der Waals surface area contributed by atoms with Crippen LogP contribution < -0.4 is 15.0 Å². The summed E-state index contributed by atoms with van der Waals surface area (Å²) in [4.78, 5) is 25.1. The summed E-state index contributed by atoms with van der Waals surface area (Å²) in [6.45, 7) is 5.07. The lowest BCUT2D eigenvalue weighted by Crippen LogP contribution is -2.48. The first-order chi connectivity index (χ1) is 17.4. The van der Waals surface area contributed by atoms with Crippen molar-refractivity contribution in [3.8, 4) is 5.75 Å². The van der Waals surface area contributed by atoms with Gasteiger partial charge in [-0.2, -0.15) is 10.1 Å². The maximum Gasteiger partial charge on any atom is 0.245 e. The summed E-state index contributed by atoms with van der Waals surface area (Å²) >= 11 is 0. The van der Waals surface area contributed by atoms with Crippen LogP contribution in [0, 0.1) is 11.6 Å². The van der Waals surface area contributed by atoms with Gasteiger partial charge in [0.2, 0.25) is 11.9 Å². The Hall–Kier alpha value is -4.28. The van der Waals surface area contributed by atoms with Gasteiger partial charge in [0.05, 0.1) is 18.4 Å². The lowest BCUT2D eigenvalue weighted by atomic mass is 10.0. The number of fused-ring (bicyclic) bond motifs is 1. The molecule has 3 aromatic rings. The highest BCUT2D eigenvalue weighted by molar-refractivity contribution is 5.87. The van der Waals surface area contributed by atoms with Crippen LogP contribution in [0.3, 0.4) is 0 Å². The van der Waals surface area contributed by atoms with Gasteiger partial charge in [-0.25, -0.2) is 13.8 Å². The highest BCUT2D eigenvalue weighted by Gasteiger charge is 2.32. The van der Waals surface area contributed by atoms with Crippen molar-refractivity contribution >= 4 is 29.4 Å². The van der Waals surface area contributed by atoms with Crippen LogP contribution in [0.4, 0.5) is 26.2 Å². The second kappa shape index (κ2) is 9.76. The number of carbonyl (C=O) groups excluding carboxylic acids is 1. The van der Waals surface area contributed by atoms with Crippen molar-refractivity contribution < 1.29 is 18.3 Å². The molecule has 0 unspecified atom stereocenters. The number of halogens is 2. The Kier molecular flexibility index (Phi) is 6.36. The zero-order valence-corrected chi connectivity index (χ0v) is 19.7. The molecule has 0 bridgehead atoms. The summed E-state index contributed by atoms with van der Waals surface area (Å²) < 4.78 is 35.1. The molecule has 2 aromatic heterocycles. The zero-order valence-electron chi connectivity index (χ0n) is 19.7. The molecule has 1 amide bonds. The Morgan fingerprint density at radius 3 is 2.75 bits per heavy atom. The van der Waals surface area contributed by atoms with Crippen molar-refractivity contribution in [2.24, 2.45) is 7.05 Å². The van der Waals surface area contributed by atoms with Crippen molar-refractivity contribution in [1.29, 1.82) is 0 Å². The number of rotatable bonds is 6. The van der Waals surface area contributed by atoms with Crippen molar-refractivity contribution in [1.82, 2.24) is 24.6 Å². The van der Waals surface area contributed by atoms with Gasteiger partial charge < -0.3 is 19.9 Å². The van der Waals surface area contributed by atoms with Crippen LogP contribution in [0.5, 0.6) is 5.75 Å². The van der Waals surface area contributed by atoms with Gasteiger partial charge in [0.15, 0.2) is 11.6 Å². The number of nitrogens with zero attached hydrogens (tertiary/aromatic N) is 6. The van der Waals surface area contributed by atoms with Crippen LogP contribution in [-0.2, 0) is 11.8 Å². The SMILES string of the molecule is C=CC(=O)N1CCC(N2CC(Oc3ccc(F)cc3F)=Cc3cnc(Nc4cnn(C)c4)nc32)CC1. The summed E-state index contributed by atoms with van der Waals surface area (Å²) in [5.41, 5.74) is 1.46. The van der Waals surface area contributed by atoms with Crippen molar-refractivity contribution in [2.75, 3.05) is 29.9 Å². The number of hydrogen-bond donors (Lipinski definition) is 1. The standard InChI is InChI=1S/C25H25F2N7O2/c1-3-23(35)33-8-6-19(7-9-33)34-15-20(36-22-5-4-17(26)11-21(22)27)10-16-12-28-25(31-24(16)34)30-18-13-29-32(2)14-18/h3-5,10-14,19H,1,6-9,15H2,2H3,(H,28,30,31). The molecule has 1 N–H and O–H groups in total. The van der Waals surface area contributed by atoms with Gasteiger partial charge in [0.1, 0.15) is 17.4 Å². The zero-order chi connectivity index (χ0) is 25.2. The number of amides is 1. The van der Waals surface area contributed by atoms with E-state index in [2.05, 4.69) is 26.9 Å². The Labute approximate surface area is 206 Å². The normalized spacial score (nSPS) is 15.8. The lowest BCUT2D eigenvalue weighted by molar-refractivity contribution is -0.127. The van der Waals surface area contributed by atoms with Crippen LogP contribution in [0.15, 0.2) is 55.2 Å². The number of hydrogen-bond acceptors (Lipinski definition) is 7. The monoisotopic (exact) mass is 493 g/mol. The molecule has 1 saturated heterocycles. The third-order valence-electron chi connectivity index (χ3n) is 6.20. The quantitative estimate of drug-likeness (QED) is 0.525. The molecule has 9 nitrogen and oxygen atoms in total. The summed E-state index contributed by atoms with van der Waals surface area (Å²) in [5.74, 6) is -0.00912. The lowest BCUT2D eigenvalue weighted by Gasteiger charge is -2.41. The molecular formula is C25H25F2N7O2. The van der Waals surface area contributed by atoms with E-state index < -0.39 is 11.6 Å². The first-order valence-corrected chi connectivity index (χ1v) is 11.5. The van der Waals surface area contributed by atoms with Gasteiger partial charge in [0.25, 0.3) is 0 Å². The average Bonchev–Trinajstić information content (AvgIpc) is 3.29. The van der Waals surface area contributed by atoms with Crippen LogP contribution >= 0.6 is 0 Å². The molecule has 0 spiro atoms. The smallest absolute Gasteiger partial charge is 0.245 e. The molecule has 36 heavy (non-hydrogen) atoms. The third-order valence-corrected chi connectivity index (χ3v) is 6.20. The van der Waals surface area contributed by atoms with Crippen molar-refractivity contribution in [2.45, 2.75) is 18.9 Å². The van der Waals surface area contributed by atoms with Gasteiger partial charge >= 0.3 is 0 Å². The largest absolute Gasteiger partial charge is 0.457 e. The fourth-order valence-corrected chi connectivity index (χ4v) is 4.44. The number of likely N-dealkylation sites (tertiary alicyclic amines) is 1. The molecule has 5 rings (SSSR count). The van der Waals surface area contributed by atoms with Crippen molar-refractivity contribution in [3.05, 3.63) is 72.4 Å². The first kappa shape index (κ1) is 23.5. The van der Waals surface area contributed by atoms with E-state index in [1.54, 1.807) is 28.1 Å².